The minimum absolute atomic E-state index is 0.596. The van der Waals surface area contributed by atoms with Crippen LogP contribution >= 0.6 is 0 Å². The van der Waals surface area contributed by atoms with Crippen molar-refractivity contribution in [2.45, 2.75) is 46.0 Å². The Morgan fingerprint density at radius 2 is 2.00 bits per heavy atom. The van der Waals surface area contributed by atoms with Crippen LogP contribution in [0, 0.1) is 16.7 Å². The van der Waals surface area contributed by atoms with Crippen LogP contribution in [0.25, 0.3) is 0 Å². The first kappa shape index (κ1) is 8.34. The molecular formula is C12H20. The lowest BCUT2D eigenvalue weighted by atomic mass is 9.96. The van der Waals surface area contributed by atoms with E-state index >= 15 is 0 Å². The fraction of sp³-hybridized carbons (Fsp3) is 0.833. The van der Waals surface area contributed by atoms with Gasteiger partial charge < -0.3 is 0 Å². The van der Waals surface area contributed by atoms with Gasteiger partial charge in [0, 0.05) is 0 Å². The molecule has 0 heterocycles. The van der Waals surface area contributed by atoms with E-state index in [1.54, 1.807) is 0 Å². The summed E-state index contributed by atoms with van der Waals surface area (Å²) in [7, 11) is 0. The molecule has 0 spiro atoms. The highest BCUT2D eigenvalue weighted by Crippen LogP contribution is 2.58. The van der Waals surface area contributed by atoms with E-state index in [4.69, 9.17) is 0 Å². The van der Waals surface area contributed by atoms with Crippen LogP contribution in [-0.2, 0) is 0 Å². The summed E-state index contributed by atoms with van der Waals surface area (Å²) in [4.78, 5) is 0. The lowest BCUT2D eigenvalue weighted by Gasteiger charge is -2.09. The summed E-state index contributed by atoms with van der Waals surface area (Å²) in [5.74, 6) is 1.02. The van der Waals surface area contributed by atoms with Crippen molar-refractivity contribution in [2.24, 2.45) is 16.7 Å². The second-order valence-electron chi connectivity index (χ2n) is 5.49. The monoisotopic (exact) mass is 164 g/mol. The maximum Gasteiger partial charge on any atom is -0.0120 e. The van der Waals surface area contributed by atoms with Crippen molar-refractivity contribution in [3.8, 4) is 0 Å². The molecule has 68 valence electrons. The van der Waals surface area contributed by atoms with E-state index in [0.717, 1.165) is 5.92 Å². The summed E-state index contributed by atoms with van der Waals surface area (Å²) >= 11 is 0. The van der Waals surface area contributed by atoms with E-state index in [1.807, 2.05) is 0 Å². The van der Waals surface area contributed by atoms with Crippen molar-refractivity contribution >= 4 is 0 Å². The predicted octanol–water partition coefficient (Wildman–Crippen LogP) is 3.78. The molecule has 1 atom stereocenters. The average Bonchev–Trinajstić information content (AvgIpc) is 2.86. The summed E-state index contributed by atoms with van der Waals surface area (Å²) in [5, 5.41) is 0. The van der Waals surface area contributed by atoms with Gasteiger partial charge >= 0.3 is 0 Å². The Morgan fingerprint density at radius 3 is 2.33 bits per heavy atom. The van der Waals surface area contributed by atoms with Crippen LogP contribution in [0.3, 0.4) is 0 Å². The van der Waals surface area contributed by atoms with Crippen molar-refractivity contribution < 1.29 is 0 Å². The Morgan fingerprint density at radius 1 is 1.42 bits per heavy atom. The maximum absolute atomic E-state index is 3.93. The zero-order valence-electron chi connectivity index (χ0n) is 8.40. The summed E-state index contributed by atoms with van der Waals surface area (Å²) in [6, 6.07) is 0. The summed E-state index contributed by atoms with van der Waals surface area (Å²) in [5.41, 5.74) is 1.27. The Kier molecular flexibility index (Phi) is 1.65. The standard InChI is InChI=1S/C12H20/c1-4-12(7-8-12)6-5-10-9-11(10,2)3/h4,10H,1,5-9H2,2-3H3. The van der Waals surface area contributed by atoms with Crippen molar-refractivity contribution in [3.63, 3.8) is 0 Å². The smallest absolute Gasteiger partial charge is 0.0120 e. The van der Waals surface area contributed by atoms with Gasteiger partial charge in [-0.25, -0.2) is 0 Å². The van der Waals surface area contributed by atoms with Gasteiger partial charge in [-0.3, -0.25) is 0 Å². The van der Waals surface area contributed by atoms with Crippen molar-refractivity contribution in [1.29, 1.82) is 0 Å². The highest BCUT2D eigenvalue weighted by atomic mass is 14.5. The predicted molar refractivity (Wildman–Crippen MR) is 53.0 cm³/mol. The first-order chi connectivity index (χ1) is 5.58. The van der Waals surface area contributed by atoms with Crippen LogP contribution in [0.2, 0.25) is 0 Å². The Bertz CT molecular complexity index is 196. The van der Waals surface area contributed by atoms with Gasteiger partial charge in [0.15, 0.2) is 0 Å². The number of allylic oxidation sites excluding steroid dienone is 1. The molecule has 0 aromatic rings. The molecule has 0 aliphatic heterocycles. The third kappa shape index (κ3) is 1.44. The second-order valence-corrected chi connectivity index (χ2v) is 5.49. The van der Waals surface area contributed by atoms with Crippen LogP contribution in [0.1, 0.15) is 46.0 Å². The van der Waals surface area contributed by atoms with E-state index < -0.39 is 0 Å². The van der Waals surface area contributed by atoms with Gasteiger partial charge in [-0.2, -0.15) is 0 Å². The molecule has 2 saturated carbocycles. The molecule has 0 saturated heterocycles. The van der Waals surface area contributed by atoms with Crippen molar-refractivity contribution in [3.05, 3.63) is 12.7 Å². The summed E-state index contributed by atoms with van der Waals surface area (Å²) in [6.45, 7) is 8.72. The Labute approximate surface area is 76.1 Å². The van der Waals surface area contributed by atoms with E-state index in [2.05, 4.69) is 26.5 Å². The van der Waals surface area contributed by atoms with Gasteiger partial charge in [-0.1, -0.05) is 19.9 Å². The SMILES string of the molecule is C=CC1(CCC2CC2(C)C)CC1. The average molecular weight is 164 g/mol. The Balaban J connectivity index is 1.73. The van der Waals surface area contributed by atoms with Gasteiger partial charge in [0.25, 0.3) is 0 Å². The quantitative estimate of drug-likeness (QED) is 0.555. The second kappa shape index (κ2) is 2.37. The van der Waals surface area contributed by atoms with E-state index in [-0.39, 0.29) is 0 Å². The molecule has 1 unspecified atom stereocenters. The van der Waals surface area contributed by atoms with Crippen LogP contribution in [0.5, 0.6) is 0 Å². The number of hydrogen-bond donors (Lipinski definition) is 0. The summed E-state index contributed by atoms with van der Waals surface area (Å²) in [6.07, 6.45) is 9.32. The molecule has 2 aliphatic carbocycles. The van der Waals surface area contributed by atoms with E-state index in [1.165, 1.54) is 32.1 Å². The molecule has 0 bridgehead atoms. The van der Waals surface area contributed by atoms with E-state index in [0.29, 0.717) is 10.8 Å². The first-order valence-corrected chi connectivity index (χ1v) is 5.22. The van der Waals surface area contributed by atoms with Crippen LogP contribution in [0.15, 0.2) is 12.7 Å². The molecule has 0 heteroatoms. The van der Waals surface area contributed by atoms with Gasteiger partial charge in [0.1, 0.15) is 0 Å². The third-order valence-electron chi connectivity index (χ3n) is 4.03. The van der Waals surface area contributed by atoms with Crippen LogP contribution in [0.4, 0.5) is 0 Å². The first-order valence-electron chi connectivity index (χ1n) is 5.22. The van der Waals surface area contributed by atoms with Gasteiger partial charge in [0.05, 0.1) is 0 Å². The minimum Gasteiger partial charge on any atom is -0.103 e. The molecule has 0 amide bonds. The maximum atomic E-state index is 3.93. The van der Waals surface area contributed by atoms with Crippen LogP contribution < -0.4 is 0 Å². The number of rotatable bonds is 4. The lowest BCUT2D eigenvalue weighted by Crippen LogP contribution is -1.98. The Hall–Kier alpha value is -0.260. The van der Waals surface area contributed by atoms with Gasteiger partial charge in [0.2, 0.25) is 0 Å². The molecule has 0 aromatic heterocycles. The molecule has 2 rings (SSSR count). The van der Waals surface area contributed by atoms with Crippen molar-refractivity contribution in [1.82, 2.24) is 0 Å². The molecule has 0 N–H and O–H groups in total. The lowest BCUT2D eigenvalue weighted by molar-refractivity contribution is 0.465. The fourth-order valence-corrected chi connectivity index (χ4v) is 2.25. The zero-order chi connectivity index (χ0) is 8.82. The third-order valence-corrected chi connectivity index (χ3v) is 4.03. The van der Waals surface area contributed by atoms with Gasteiger partial charge in [-0.15, -0.1) is 6.58 Å². The van der Waals surface area contributed by atoms with E-state index in [9.17, 15) is 0 Å². The molecule has 2 aliphatic rings. The fourth-order valence-electron chi connectivity index (χ4n) is 2.25. The number of hydrogen-bond acceptors (Lipinski definition) is 0. The van der Waals surface area contributed by atoms with Crippen LogP contribution in [-0.4, -0.2) is 0 Å². The summed E-state index contributed by atoms with van der Waals surface area (Å²) < 4.78 is 0. The minimum atomic E-state index is 0.596. The zero-order valence-corrected chi connectivity index (χ0v) is 8.40. The highest BCUT2D eigenvalue weighted by Gasteiger charge is 2.47. The molecule has 0 radical (unpaired) electrons. The largest absolute Gasteiger partial charge is 0.103 e. The molecule has 0 aromatic carbocycles. The normalized spacial score (nSPS) is 34.3. The molecular weight excluding hydrogens is 144 g/mol. The molecule has 12 heavy (non-hydrogen) atoms. The van der Waals surface area contributed by atoms with Crippen molar-refractivity contribution in [2.75, 3.05) is 0 Å². The topological polar surface area (TPSA) is 0 Å². The molecule has 0 nitrogen and oxygen atoms in total. The molecule has 2 fully saturated rings. The van der Waals surface area contributed by atoms with Gasteiger partial charge in [-0.05, 0) is 48.9 Å². The highest BCUT2D eigenvalue weighted by molar-refractivity contribution is 5.07.